The van der Waals surface area contributed by atoms with Gasteiger partial charge in [0.05, 0.1) is 11.8 Å². The molecule has 0 aromatic carbocycles. The number of alkyl halides is 2. The van der Waals surface area contributed by atoms with Gasteiger partial charge < -0.3 is 16.7 Å². The second-order valence-electron chi connectivity index (χ2n) is 5.26. The number of nitrogens with two attached hydrogens (primary N) is 2. The van der Waals surface area contributed by atoms with E-state index in [4.69, 9.17) is 34.7 Å². The van der Waals surface area contributed by atoms with E-state index in [0.29, 0.717) is 0 Å². The van der Waals surface area contributed by atoms with Crippen LogP contribution < -0.4 is 11.5 Å². The van der Waals surface area contributed by atoms with Crippen LogP contribution in [0.4, 0.5) is 11.6 Å². The standard InChI is InChI=1S/C11H9Cl2N13O3/c12-1-3-7(5-9(14)21-28-19-5)25(23-16-3)11(18-27)26-8(4(2-13)17-24-26)6-10(15)22-29-20-6/h27H,1-2H2,(H2,14,21)(H2,15,22). The van der Waals surface area contributed by atoms with Crippen molar-refractivity contribution < 1.29 is 14.5 Å². The van der Waals surface area contributed by atoms with Crippen molar-refractivity contribution in [1.82, 2.24) is 50.6 Å². The molecule has 4 rings (SSSR count). The Morgan fingerprint density at radius 3 is 1.62 bits per heavy atom. The molecule has 0 saturated carbocycles. The van der Waals surface area contributed by atoms with E-state index >= 15 is 0 Å². The highest BCUT2D eigenvalue weighted by Crippen LogP contribution is 2.29. The van der Waals surface area contributed by atoms with Gasteiger partial charge in [-0.1, -0.05) is 10.4 Å². The minimum atomic E-state index is -0.312. The van der Waals surface area contributed by atoms with Crippen LogP contribution in [0.2, 0.25) is 0 Å². The lowest BCUT2D eigenvalue weighted by Gasteiger charge is -2.09. The average molecular weight is 442 g/mol. The maximum absolute atomic E-state index is 9.74. The first-order chi connectivity index (χ1) is 14.1. The minimum Gasteiger partial charge on any atom is -0.408 e. The number of oxime groups is 1. The van der Waals surface area contributed by atoms with E-state index in [1.807, 2.05) is 0 Å². The molecule has 5 N–H and O–H groups in total. The predicted octanol–water partition coefficient (Wildman–Crippen LogP) is -0.247. The van der Waals surface area contributed by atoms with Crippen LogP contribution >= 0.6 is 23.2 Å². The number of anilines is 2. The Morgan fingerprint density at radius 1 is 0.862 bits per heavy atom. The van der Waals surface area contributed by atoms with Gasteiger partial charge in [-0.25, -0.2) is 9.26 Å². The fourth-order valence-electron chi connectivity index (χ4n) is 2.45. The van der Waals surface area contributed by atoms with E-state index in [1.54, 1.807) is 0 Å². The van der Waals surface area contributed by atoms with Crippen LogP contribution in [-0.4, -0.2) is 61.8 Å². The van der Waals surface area contributed by atoms with Gasteiger partial charge in [0, 0.05) is 0 Å². The first-order valence-corrected chi connectivity index (χ1v) is 8.58. The summed E-state index contributed by atoms with van der Waals surface area (Å²) in [7, 11) is 0. The molecule has 0 radical (unpaired) electrons. The normalized spacial score (nSPS) is 11.1. The van der Waals surface area contributed by atoms with Crippen LogP contribution in [0.3, 0.4) is 0 Å². The maximum Gasteiger partial charge on any atom is 0.292 e. The third-order valence-electron chi connectivity index (χ3n) is 3.68. The van der Waals surface area contributed by atoms with E-state index in [1.165, 1.54) is 0 Å². The Bertz CT molecular complexity index is 1100. The summed E-state index contributed by atoms with van der Waals surface area (Å²) in [5, 5.41) is 43.1. The monoisotopic (exact) mass is 441 g/mol. The van der Waals surface area contributed by atoms with Gasteiger partial charge in [-0.2, -0.15) is 9.36 Å². The number of hydrogen-bond donors (Lipinski definition) is 3. The Labute approximate surface area is 168 Å². The Morgan fingerprint density at radius 2 is 1.31 bits per heavy atom. The molecule has 16 nitrogen and oxygen atoms in total. The second-order valence-corrected chi connectivity index (χ2v) is 5.79. The van der Waals surface area contributed by atoms with Gasteiger partial charge in [0.1, 0.15) is 22.8 Å². The van der Waals surface area contributed by atoms with E-state index in [-0.39, 0.29) is 63.5 Å². The number of hydrogen-bond acceptors (Lipinski definition) is 14. The van der Waals surface area contributed by atoms with Crippen molar-refractivity contribution in [1.29, 1.82) is 0 Å². The summed E-state index contributed by atoms with van der Waals surface area (Å²) >= 11 is 11.9. The molecule has 4 heterocycles. The zero-order valence-corrected chi connectivity index (χ0v) is 15.5. The van der Waals surface area contributed by atoms with Gasteiger partial charge in [0.25, 0.3) is 5.96 Å². The van der Waals surface area contributed by atoms with Crippen LogP contribution in [0.25, 0.3) is 22.8 Å². The zero-order chi connectivity index (χ0) is 20.5. The van der Waals surface area contributed by atoms with Crippen molar-refractivity contribution in [3.05, 3.63) is 11.4 Å². The highest BCUT2D eigenvalue weighted by molar-refractivity contribution is 6.17. The largest absolute Gasteiger partial charge is 0.408 e. The van der Waals surface area contributed by atoms with Gasteiger partial charge >= 0.3 is 0 Å². The lowest BCUT2D eigenvalue weighted by Crippen LogP contribution is -2.26. The zero-order valence-electron chi connectivity index (χ0n) is 14.0. The van der Waals surface area contributed by atoms with Crippen LogP contribution in [0.15, 0.2) is 14.4 Å². The lowest BCUT2D eigenvalue weighted by atomic mass is 10.2. The fourth-order valence-corrected chi connectivity index (χ4v) is 2.81. The SMILES string of the molecule is Nc1nonc1-c1c(CCl)nnn1C(=NO)n1nnc(CCl)c1-c1nonc1N. The Kier molecular flexibility index (Phi) is 4.69. The molecule has 0 aliphatic heterocycles. The van der Waals surface area contributed by atoms with Crippen LogP contribution in [-0.2, 0) is 11.8 Å². The fraction of sp³-hybridized carbons (Fsp3) is 0.182. The van der Waals surface area contributed by atoms with Crippen molar-refractivity contribution in [2.45, 2.75) is 11.8 Å². The van der Waals surface area contributed by atoms with Crippen LogP contribution in [0, 0.1) is 0 Å². The van der Waals surface area contributed by atoms with Crippen LogP contribution in [0.5, 0.6) is 0 Å². The van der Waals surface area contributed by atoms with Crippen molar-refractivity contribution in [2.24, 2.45) is 5.16 Å². The molecule has 0 bridgehead atoms. The molecule has 18 heteroatoms. The average Bonchev–Trinajstić information content (AvgIpc) is 3.49. The maximum atomic E-state index is 9.74. The minimum absolute atomic E-state index is 0.0636. The van der Waals surface area contributed by atoms with Gasteiger partial charge in [0.2, 0.25) is 0 Å². The number of halogens is 2. The molecule has 0 fully saturated rings. The highest BCUT2D eigenvalue weighted by Gasteiger charge is 2.29. The van der Waals surface area contributed by atoms with Gasteiger partial charge in [-0.3, -0.25) is 0 Å². The number of nitrogen functional groups attached to an aromatic ring is 2. The first-order valence-electron chi connectivity index (χ1n) is 7.51. The molecule has 0 amide bonds. The molecule has 0 spiro atoms. The lowest BCUT2D eigenvalue weighted by molar-refractivity contribution is 0.309. The molecular formula is C11H9Cl2N13O3. The summed E-state index contributed by atoms with van der Waals surface area (Å²) in [6.07, 6.45) is 0. The molecule has 0 aliphatic rings. The molecule has 0 unspecified atom stereocenters. The molecule has 4 aromatic rings. The molecule has 150 valence electrons. The summed E-state index contributed by atoms with van der Waals surface area (Å²) in [5.41, 5.74) is 12.5. The quantitative estimate of drug-likeness (QED) is 0.122. The number of aromatic nitrogens is 10. The molecular weight excluding hydrogens is 433 g/mol. The topological polar surface area (TPSA) is 224 Å². The van der Waals surface area contributed by atoms with E-state index in [0.717, 1.165) is 9.36 Å². The van der Waals surface area contributed by atoms with Gasteiger partial charge in [-0.05, 0) is 25.8 Å². The van der Waals surface area contributed by atoms with E-state index < -0.39 is 0 Å². The Balaban J connectivity index is 1.95. The third kappa shape index (κ3) is 2.90. The summed E-state index contributed by atoms with van der Waals surface area (Å²) in [4.78, 5) is 0. The van der Waals surface area contributed by atoms with Crippen molar-refractivity contribution >= 4 is 40.8 Å². The molecule has 4 aromatic heterocycles. The highest BCUT2D eigenvalue weighted by atomic mass is 35.5. The molecule has 0 aliphatic carbocycles. The van der Waals surface area contributed by atoms with Crippen molar-refractivity contribution in [2.75, 3.05) is 11.5 Å². The van der Waals surface area contributed by atoms with Crippen molar-refractivity contribution in [3.8, 4) is 22.8 Å². The van der Waals surface area contributed by atoms with E-state index in [2.05, 4.69) is 55.7 Å². The Hall–Kier alpha value is -3.79. The van der Waals surface area contributed by atoms with Crippen LogP contribution in [0.1, 0.15) is 11.4 Å². The number of rotatable bonds is 4. The van der Waals surface area contributed by atoms with Crippen molar-refractivity contribution in [3.63, 3.8) is 0 Å². The summed E-state index contributed by atoms with van der Waals surface area (Å²) in [5.74, 6) is -0.590. The summed E-state index contributed by atoms with van der Waals surface area (Å²) in [6, 6.07) is 0. The smallest absolute Gasteiger partial charge is 0.292 e. The predicted molar refractivity (Wildman–Crippen MR) is 94.6 cm³/mol. The third-order valence-corrected chi connectivity index (χ3v) is 4.18. The summed E-state index contributed by atoms with van der Waals surface area (Å²) in [6.45, 7) is 0. The van der Waals surface area contributed by atoms with Gasteiger partial charge in [-0.15, -0.1) is 33.4 Å². The first kappa shape index (κ1) is 18.6. The second kappa shape index (κ2) is 7.32. The van der Waals surface area contributed by atoms with Gasteiger partial charge in [0.15, 0.2) is 23.0 Å². The number of nitrogens with zero attached hydrogens (tertiary/aromatic N) is 11. The molecule has 0 saturated heterocycles. The molecule has 0 atom stereocenters. The molecule has 29 heavy (non-hydrogen) atoms. The van der Waals surface area contributed by atoms with E-state index in [9.17, 15) is 5.21 Å². The summed E-state index contributed by atoms with van der Waals surface area (Å²) < 4.78 is 11.3.